The van der Waals surface area contributed by atoms with Gasteiger partial charge >= 0.3 is 6.18 Å². The van der Waals surface area contributed by atoms with Gasteiger partial charge in [0, 0.05) is 34.2 Å². The van der Waals surface area contributed by atoms with Crippen molar-refractivity contribution in [3.8, 4) is 5.75 Å². The molecule has 1 saturated carbocycles. The van der Waals surface area contributed by atoms with Gasteiger partial charge < -0.3 is 5.11 Å². The van der Waals surface area contributed by atoms with E-state index in [0.29, 0.717) is 37.9 Å². The second-order valence-electron chi connectivity index (χ2n) is 12.4. The molecule has 2 aromatic carbocycles. The van der Waals surface area contributed by atoms with Crippen molar-refractivity contribution in [2.24, 2.45) is 23.7 Å². The lowest BCUT2D eigenvalue weighted by molar-refractivity contribution is -0.140. The third kappa shape index (κ3) is 4.68. The van der Waals surface area contributed by atoms with E-state index in [1.807, 2.05) is 6.08 Å². The van der Waals surface area contributed by atoms with E-state index in [0.717, 1.165) is 4.90 Å². The summed E-state index contributed by atoms with van der Waals surface area (Å²) in [6.07, 6.45) is -2.20. The molecule has 3 fully saturated rings. The zero-order chi connectivity index (χ0) is 34.4. The maximum atomic E-state index is 15.1. The number of carbonyl (C=O) groups is 4. The SMILES string of the molecule is CN1C(=O)[C@H]2[C@H](CC=C3[C@H]2C[C@H]2C(=O)N(Nc4ncc(C(F)(F)F)cc4Cl)C(=O)[C@@]2(c2ccc(Cl)cc2)[C@H]3c2cc(Br)ccc2O)C1=O. The second-order valence-corrected chi connectivity index (χ2v) is 14.1. The first-order chi connectivity index (χ1) is 22.7. The van der Waals surface area contributed by atoms with Crippen LogP contribution in [0, 0.1) is 23.7 Å². The summed E-state index contributed by atoms with van der Waals surface area (Å²) in [5.74, 6) is -7.15. The number of hydrogen-bond acceptors (Lipinski definition) is 7. The molecule has 9 nitrogen and oxygen atoms in total. The molecule has 3 aromatic rings. The van der Waals surface area contributed by atoms with E-state index in [4.69, 9.17) is 23.2 Å². The monoisotopic (exact) mass is 762 g/mol. The predicted molar refractivity (Wildman–Crippen MR) is 170 cm³/mol. The molecule has 2 aliphatic carbocycles. The van der Waals surface area contributed by atoms with Gasteiger partial charge in [-0.25, -0.2) is 4.98 Å². The predicted octanol–water partition coefficient (Wildman–Crippen LogP) is 6.49. The highest BCUT2D eigenvalue weighted by atomic mass is 79.9. The van der Waals surface area contributed by atoms with Gasteiger partial charge in [-0.2, -0.15) is 18.2 Å². The average Bonchev–Trinajstić information content (AvgIpc) is 3.39. The number of hydrazine groups is 1. The lowest BCUT2D eigenvalue weighted by Gasteiger charge is -2.50. The standard InChI is InChI=1S/C33H24BrCl2F3N4O5/c1-42-28(45)19-8-7-18-20(25(19)30(42)47)12-22-29(46)43(41-27-23(36)10-15(13-40-27)33(37,38)39)31(48)32(22,14-2-5-17(35)6-3-14)26(18)21-11-16(34)4-9-24(21)44/h2-7,9-11,13,19-20,22,25-26,44H,8,12H2,1H3,(H,40,41)/t19-,20+,22-,25-,26+,32+/m0/s1. The van der Waals surface area contributed by atoms with Gasteiger partial charge in [0.25, 0.3) is 11.8 Å². The highest BCUT2D eigenvalue weighted by Crippen LogP contribution is 2.65. The summed E-state index contributed by atoms with van der Waals surface area (Å²) in [5, 5.41) is 11.9. The highest BCUT2D eigenvalue weighted by Gasteiger charge is 2.70. The molecule has 248 valence electrons. The number of allylic oxidation sites excluding steroid dienone is 2. The molecule has 0 radical (unpaired) electrons. The van der Waals surface area contributed by atoms with Crippen LogP contribution >= 0.6 is 39.1 Å². The number of nitrogens with zero attached hydrogens (tertiary/aromatic N) is 3. The first kappa shape index (κ1) is 32.6. The van der Waals surface area contributed by atoms with Crippen molar-refractivity contribution >= 4 is 68.6 Å². The molecule has 4 aliphatic rings. The van der Waals surface area contributed by atoms with E-state index in [1.54, 1.807) is 36.4 Å². The molecule has 7 rings (SSSR count). The van der Waals surface area contributed by atoms with Gasteiger partial charge in [0.05, 0.1) is 33.8 Å². The zero-order valence-corrected chi connectivity index (χ0v) is 27.9. The minimum absolute atomic E-state index is 0.0231. The van der Waals surface area contributed by atoms with Crippen LogP contribution in [0.5, 0.6) is 5.75 Å². The Bertz CT molecular complexity index is 1960. The number of alkyl halides is 3. The Kier molecular flexibility index (Phi) is 7.68. The number of anilines is 1. The Hall–Kier alpha value is -3.94. The maximum Gasteiger partial charge on any atom is 0.417 e. The Balaban J connectivity index is 1.46. The lowest BCUT2D eigenvalue weighted by atomic mass is 9.49. The number of fused-ring (bicyclic) bond motifs is 4. The molecular weight excluding hydrogens is 740 g/mol. The molecule has 2 N–H and O–H groups in total. The Morgan fingerprint density at radius 2 is 1.71 bits per heavy atom. The summed E-state index contributed by atoms with van der Waals surface area (Å²) in [5.41, 5.74) is 0.978. The number of hydrogen-bond donors (Lipinski definition) is 2. The molecule has 48 heavy (non-hydrogen) atoms. The van der Waals surface area contributed by atoms with Gasteiger partial charge in [-0.1, -0.05) is 62.9 Å². The number of imide groups is 2. The summed E-state index contributed by atoms with van der Waals surface area (Å²) < 4.78 is 40.6. The third-order valence-electron chi connectivity index (χ3n) is 10.1. The Morgan fingerprint density at radius 3 is 2.38 bits per heavy atom. The van der Waals surface area contributed by atoms with Crippen LogP contribution in [-0.4, -0.2) is 50.7 Å². The molecule has 3 heterocycles. The van der Waals surface area contributed by atoms with Crippen LogP contribution < -0.4 is 5.43 Å². The largest absolute Gasteiger partial charge is 0.508 e. The number of nitrogens with one attached hydrogen (secondary N) is 1. The molecule has 0 bridgehead atoms. The van der Waals surface area contributed by atoms with Crippen LogP contribution in [0.1, 0.15) is 35.4 Å². The molecule has 15 heteroatoms. The maximum absolute atomic E-state index is 15.1. The first-order valence-corrected chi connectivity index (χ1v) is 16.3. The number of rotatable bonds is 4. The number of aromatic nitrogens is 1. The number of likely N-dealkylation sites (tertiary alicyclic amines) is 1. The summed E-state index contributed by atoms with van der Waals surface area (Å²) in [6.45, 7) is 0. The summed E-state index contributed by atoms with van der Waals surface area (Å²) in [6, 6.07) is 11.7. The summed E-state index contributed by atoms with van der Waals surface area (Å²) in [7, 11) is 1.41. The van der Waals surface area contributed by atoms with Gasteiger partial charge in [0.15, 0.2) is 5.82 Å². The molecule has 2 saturated heterocycles. The molecule has 0 spiro atoms. The third-order valence-corrected chi connectivity index (χ3v) is 11.1. The number of amides is 4. The minimum atomic E-state index is -4.74. The number of pyridine rings is 1. The molecule has 1 aromatic heterocycles. The van der Waals surface area contributed by atoms with E-state index < -0.39 is 69.5 Å². The van der Waals surface area contributed by atoms with Crippen molar-refractivity contribution in [2.45, 2.75) is 30.4 Å². The minimum Gasteiger partial charge on any atom is -0.508 e. The quantitative estimate of drug-likeness (QED) is 0.230. The van der Waals surface area contributed by atoms with Crippen molar-refractivity contribution in [1.82, 2.24) is 14.9 Å². The summed E-state index contributed by atoms with van der Waals surface area (Å²) in [4.78, 5) is 61.1. The van der Waals surface area contributed by atoms with E-state index in [9.17, 15) is 32.7 Å². The molecule has 4 amide bonds. The van der Waals surface area contributed by atoms with Crippen LogP contribution in [-0.2, 0) is 30.8 Å². The van der Waals surface area contributed by atoms with E-state index >= 15 is 4.79 Å². The molecule has 0 unspecified atom stereocenters. The Morgan fingerprint density at radius 1 is 1.00 bits per heavy atom. The fourth-order valence-electron chi connectivity index (χ4n) is 8.04. The van der Waals surface area contributed by atoms with Crippen LogP contribution in [0.3, 0.4) is 0 Å². The number of carbonyl (C=O) groups excluding carboxylic acids is 4. The van der Waals surface area contributed by atoms with Crippen LogP contribution in [0.4, 0.5) is 19.0 Å². The molecular formula is C33H24BrCl2F3N4O5. The highest BCUT2D eigenvalue weighted by molar-refractivity contribution is 9.10. The van der Waals surface area contributed by atoms with E-state index in [-0.39, 0.29) is 35.9 Å². The van der Waals surface area contributed by atoms with Crippen molar-refractivity contribution in [2.75, 3.05) is 12.5 Å². The van der Waals surface area contributed by atoms with E-state index in [2.05, 4.69) is 26.3 Å². The number of aromatic hydroxyl groups is 1. The van der Waals surface area contributed by atoms with Gasteiger partial charge in [-0.3, -0.25) is 29.5 Å². The van der Waals surface area contributed by atoms with Crippen LogP contribution in [0.2, 0.25) is 10.0 Å². The van der Waals surface area contributed by atoms with Gasteiger partial charge in [-0.15, -0.1) is 0 Å². The number of phenolic OH excluding ortho intramolecular Hbond substituents is 1. The van der Waals surface area contributed by atoms with Crippen molar-refractivity contribution in [3.05, 3.63) is 97.6 Å². The van der Waals surface area contributed by atoms with Gasteiger partial charge in [0.2, 0.25) is 11.8 Å². The number of benzene rings is 2. The normalized spacial score (nSPS) is 28.3. The van der Waals surface area contributed by atoms with Crippen molar-refractivity contribution in [1.29, 1.82) is 0 Å². The number of phenols is 1. The fraction of sp³-hybridized carbons (Fsp3) is 0.303. The van der Waals surface area contributed by atoms with Crippen molar-refractivity contribution in [3.63, 3.8) is 0 Å². The van der Waals surface area contributed by atoms with Crippen LogP contribution in [0.25, 0.3) is 0 Å². The Labute approximate surface area is 289 Å². The van der Waals surface area contributed by atoms with Gasteiger partial charge in [0.1, 0.15) is 5.75 Å². The zero-order valence-electron chi connectivity index (χ0n) is 24.8. The fourth-order valence-corrected chi connectivity index (χ4v) is 8.75. The molecule has 2 aliphatic heterocycles. The first-order valence-electron chi connectivity index (χ1n) is 14.8. The average molecular weight is 764 g/mol. The summed E-state index contributed by atoms with van der Waals surface area (Å²) >= 11 is 15.9. The number of halogens is 6. The second kappa shape index (κ2) is 11.3. The van der Waals surface area contributed by atoms with E-state index in [1.165, 1.54) is 13.1 Å². The lowest BCUT2D eigenvalue weighted by Crippen LogP contribution is -2.53. The van der Waals surface area contributed by atoms with Crippen LogP contribution in [0.15, 0.2) is 70.8 Å². The smallest absolute Gasteiger partial charge is 0.417 e. The molecule has 6 atom stereocenters. The van der Waals surface area contributed by atoms with Crippen molar-refractivity contribution < 1.29 is 37.5 Å². The van der Waals surface area contributed by atoms with Gasteiger partial charge in [-0.05, 0) is 60.7 Å². The topological polar surface area (TPSA) is 120 Å².